The van der Waals surface area contributed by atoms with Gasteiger partial charge < -0.3 is 34.1 Å². The van der Waals surface area contributed by atoms with Crippen LogP contribution in [0.25, 0.3) is 0 Å². The number of benzene rings is 2. The van der Waals surface area contributed by atoms with E-state index in [4.69, 9.17) is 26.2 Å². The summed E-state index contributed by atoms with van der Waals surface area (Å²) in [5, 5.41) is 9.18. The molecule has 0 unspecified atom stereocenters. The molecule has 0 saturated carbocycles. The number of carbonyl (C=O) groups excluding carboxylic acids is 2. The van der Waals surface area contributed by atoms with Gasteiger partial charge in [0.2, 0.25) is 5.91 Å². The number of piperazine rings is 1. The second-order valence-corrected chi connectivity index (χ2v) is 7.36. The Labute approximate surface area is 220 Å². The van der Waals surface area contributed by atoms with Crippen molar-refractivity contribution in [2.24, 2.45) is 0 Å². The third-order valence-corrected chi connectivity index (χ3v) is 5.27. The van der Waals surface area contributed by atoms with E-state index in [1.807, 2.05) is 12.1 Å². The molecule has 1 N–H and O–H groups in total. The van der Waals surface area contributed by atoms with Crippen molar-refractivity contribution in [3.63, 3.8) is 0 Å². The summed E-state index contributed by atoms with van der Waals surface area (Å²) in [5.41, 5.74) is 1.30. The van der Waals surface area contributed by atoms with Crippen LogP contribution in [-0.4, -0.2) is 74.7 Å². The van der Waals surface area contributed by atoms with Gasteiger partial charge in [-0.15, -0.1) is 6.07 Å². The van der Waals surface area contributed by atoms with Gasteiger partial charge in [-0.2, -0.15) is 6.07 Å². The third kappa shape index (κ3) is 7.29. The van der Waals surface area contributed by atoms with Gasteiger partial charge in [-0.25, -0.2) is 16.5 Å². The maximum absolute atomic E-state index is 12.7. The zero-order valence-corrected chi connectivity index (χ0v) is 22.8. The first-order valence-electron chi connectivity index (χ1n) is 9.79. The van der Waals surface area contributed by atoms with Crippen molar-refractivity contribution in [2.75, 3.05) is 56.2 Å². The predicted octanol–water partition coefficient (Wildman–Crippen LogP) is 1.83. The van der Waals surface area contributed by atoms with Crippen molar-refractivity contribution < 1.29 is 60.1 Å². The summed E-state index contributed by atoms with van der Waals surface area (Å²) in [6.07, 6.45) is 1.74. The molecule has 33 heavy (non-hydrogen) atoms. The van der Waals surface area contributed by atoms with Gasteiger partial charge in [0.25, 0.3) is 0 Å². The van der Waals surface area contributed by atoms with Gasteiger partial charge in [-0.3, -0.25) is 10.9 Å². The van der Waals surface area contributed by atoms with E-state index in [1.54, 1.807) is 24.5 Å². The average molecular weight is 698 g/mol. The Hall–Kier alpha value is -2.41. The Morgan fingerprint density at radius 1 is 1.21 bits per heavy atom. The topological polar surface area (TPSA) is 99.6 Å². The Bertz CT molecular complexity index is 967. The first-order valence-corrected chi connectivity index (χ1v) is 10.2. The second kappa shape index (κ2) is 12.7. The average Bonchev–Trinajstić information content (AvgIpc) is 2.82. The summed E-state index contributed by atoms with van der Waals surface area (Å²) in [7, 11) is 1.56. The van der Waals surface area contributed by atoms with Crippen molar-refractivity contribution in [1.82, 2.24) is 4.90 Å². The Morgan fingerprint density at radius 2 is 1.94 bits per heavy atom. The summed E-state index contributed by atoms with van der Waals surface area (Å²) >= 11 is 6.08. The van der Waals surface area contributed by atoms with Crippen molar-refractivity contribution in [3.05, 3.63) is 47.5 Å². The summed E-state index contributed by atoms with van der Waals surface area (Å²) in [4.78, 5) is 39.6. The largest absolute Gasteiger partial charge is 2.00 e. The molecule has 2 amide bonds. The predicted molar refractivity (Wildman–Crippen MR) is 118 cm³/mol. The molecule has 11 heteroatoms. The Morgan fingerprint density at radius 3 is 2.52 bits per heavy atom. The molecule has 2 aromatic carbocycles. The summed E-state index contributed by atoms with van der Waals surface area (Å²) < 4.78 is 10.3. The Balaban J connectivity index is 0.00000385. The van der Waals surface area contributed by atoms with Crippen LogP contribution < -0.4 is 19.3 Å². The molecule has 172 valence electrons. The van der Waals surface area contributed by atoms with Crippen molar-refractivity contribution in [2.45, 2.75) is 0 Å². The van der Waals surface area contributed by atoms with Crippen LogP contribution in [0.1, 0.15) is 0 Å². The number of carbonyl (C=O) groups is 2. The fourth-order valence-corrected chi connectivity index (χ4v) is 3.46. The number of nitrogens with zero attached hydrogens (tertiary/aromatic N) is 3. The molecule has 9 nitrogen and oxygen atoms in total. The number of hydrogen-bond donors (Lipinski definition) is 1. The molecule has 1 fully saturated rings. The smallest absolute Gasteiger partial charge is 0.540 e. The molecule has 1 aliphatic rings. The third-order valence-electron chi connectivity index (χ3n) is 4.96. The van der Waals surface area contributed by atoms with Gasteiger partial charge in [0.15, 0.2) is 6.61 Å². The van der Waals surface area contributed by atoms with Crippen LogP contribution in [0, 0.1) is 37.2 Å². The van der Waals surface area contributed by atoms with Crippen LogP contribution in [0.2, 0.25) is 5.02 Å². The van der Waals surface area contributed by atoms with E-state index in [0.29, 0.717) is 48.4 Å². The van der Waals surface area contributed by atoms with E-state index in [9.17, 15) is 14.4 Å². The van der Waals surface area contributed by atoms with E-state index < -0.39 is 12.6 Å². The number of methoxy groups -OCH3 is 1. The summed E-state index contributed by atoms with van der Waals surface area (Å²) in [5.74, 6) is -0.419. The fourth-order valence-electron chi connectivity index (χ4n) is 3.27. The maximum atomic E-state index is 12.7. The summed E-state index contributed by atoms with van der Waals surface area (Å²) in [6.45, 7) is 1.60. The van der Waals surface area contributed by atoms with Gasteiger partial charge in [-0.05, 0) is 12.1 Å². The SMILES string of the molecule is COc1cc(N2CCN(C(=O)CN([C-]=O)c3[c-]cc(OCC(=O)O)cc3)CC2)ccc1Cl.[U+2]. The fraction of sp³-hybridized carbons (Fsp3) is 0.318. The van der Waals surface area contributed by atoms with Gasteiger partial charge in [0.1, 0.15) is 5.75 Å². The Kier molecular flexibility index (Phi) is 10.4. The molecule has 0 aromatic heterocycles. The molecule has 0 bridgehead atoms. The monoisotopic (exact) mass is 697 g/mol. The van der Waals surface area contributed by atoms with Crippen molar-refractivity contribution in [1.29, 1.82) is 0 Å². The number of rotatable bonds is 9. The molecule has 1 saturated heterocycles. The van der Waals surface area contributed by atoms with Crippen LogP contribution in [0.3, 0.4) is 0 Å². The van der Waals surface area contributed by atoms with Gasteiger partial charge in [0, 0.05) is 43.7 Å². The normalized spacial score (nSPS) is 13.0. The van der Waals surface area contributed by atoms with E-state index in [2.05, 4.69) is 11.0 Å². The van der Waals surface area contributed by atoms with Crippen LogP contribution >= 0.6 is 11.6 Å². The molecule has 0 atom stereocenters. The molecular weight excluding hydrogens is 676 g/mol. The van der Waals surface area contributed by atoms with E-state index >= 15 is 0 Å². The zero-order chi connectivity index (χ0) is 23.1. The van der Waals surface area contributed by atoms with Crippen LogP contribution in [-0.2, 0) is 14.4 Å². The van der Waals surface area contributed by atoms with Gasteiger partial charge in [0.05, 0.1) is 25.1 Å². The number of amides is 2. The number of aliphatic carboxylic acids is 1. The number of carboxylic acids is 1. The van der Waals surface area contributed by atoms with Gasteiger partial charge >= 0.3 is 37.1 Å². The molecule has 1 heterocycles. The standard InChI is InChI=1S/C22H22ClN3O6.U/c1-31-20-12-17(4-7-19(20)23)24-8-10-25(11-9-24)21(28)13-26(15-27)16-2-5-18(6-3-16)32-14-22(29)30;/h2,4-7,12H,8-11,13-14H2,1H3,(H,29,30);/q-2;+2. The molecule has 0 spiro atoms. The van der Waals surface area contributed by atoms with E-state index in [-0.39, 0.29) is 43.6 Å². The van der Waals surface area contributed by atoms with E-state index in [1.165, 1.54) is 18.2 Å². The minimum Gasteiger partial charge on any atom is -0.540 e. The molecule has 0 radical (unpaired) electrons. The van der Waals surface area contributed by atoms with Crippen LogP contribution in [0.5, 0.6) is 11.5 Å². The van der Waals surface area contributed by atoms with Crippen molar-refractivity contribution in [3.8, 4) is 11.5 Å². The zero-order valence-electron chi connectivity index (χ0n) is 17.9. The van der Waals surface area contributed by atoms with Crippen molar-refractivity contribution >= 4 is 41.3 Å². The number of halogens is 1. The molecule has 1 aliphatic heterocycles. The van der Waals surface area contributed by atoms with Gasteiger partial charge in [-0.1, -0.05) is 11.6 Å². The number of carboxylic acid groups (broad SMARTS) is 1. The number of ether oxygens (including phenoxy) is 2. The number of anilines is 2. The first kappa shape index (κ1) is 26.8. The first-order chi connectivity index (χ1) is 15.4. The molecule has 2 aromatic rings. The quantitative estimate of drug-likeness (QED) is 0.316. The molecular formula is C22H22ClN3O6U. The van der Waals surface area contributed by atoms with Crippen LogP contribution in [0.15, 0.2) is 36.4 Å². The minimum atomic E-state index is -1.10. The summed E-state index contributed by atoms with van der Waals surface area (Å²) in [6, 6.07) is 12.8. The molecule has 3 rings (SSSR count). The van der Waals surface area contributed by atoms with Crippen LogP contribution in [0.4, 0.5) is 11.4 Å². The second-order valence-electron chi connectivity index (χ2n) is 6.96. The number of hydrogen-bond acceptors (Lipinski definition) is 6. The molecule has 0 aliphatic carbocycles. The maximum Gasteiger partial charge on any atom is 2.00 e. The minimum absolute atomic E-state index is 0. The van der Waals surface area contributed by atoms with E-state index in [0.717, 1.165) is 10.6 Å².